The number of β-amino-alcohol motifs (C(OH)–C–C–N with tert-alkyl or cyclic N) is 1. The summed E-state index contributed by atoms with van der Waals surface area (Å²) in [7, 11) is -5.22. The number of hydrogen-bond donors (Lipinski definition) is 11. The second-order valence-electron chi connectivity index (χ2n) is 13.0. The molecule has 2 heterocycles. The van der Waals surface area contributed by atoms with Gasteiger partial charge in [0.25, 0.3) is 0 Å². The van der Waals surface area contributed by atoms with Crippen LogP contribution in [-0.4, -0.2) is 150 Å². The molecule has 0 bridgehead atoms. The minimum atomic E-state index is -5.22. The molecule has 298 valence electrons. The number of aliphatic hydroxyl groups is 3. The number of carbonyl (C=O) groups is 8. The van der Waals surface area contributed by atoms with Crippen LogP contribution < -0.4 is 21.3 Å². The smallest absolute Gasteiger partial charge is 0.473 e. The topological polar surface area (TPSA) is 365 Å². The number of fused-ring (bicyclic) bond motifs is 2. The number of rotatable bonds is 20. The number of piperidine rings is 1. The van der Waals surface area contributed by atoms with Crippen molar-refractivity contribution < 1.29 is 87.5 Å². The first-order chi connectivity index (χ1) is 24.7. The summed E-state index contributed by atoms with van der Waals surface area (Å²) in [6, 6.07) is -4.64. The molecule has 23 nitrogen and oxygen atoms in total. The summed E-state index contributed by atoms with van der Waals surface area (Å²) in [6.45, 7) is -0.641. The van der Waals surface area contributed by atoms with Crippen LogP contribution in [0.2, 0.25) is 0 Å². The molecule has 1 saturated carbocycles. The minimum absolute atomic E-state index is 0.0581. The molecular formula is C29H44N5O18P. The summed E-state index contributed by atoms with van der Waals surface area (Å²) >= 11 is 0. The maximum Gasteiger partial charge on any atom is 0.473 e. The Hall–Kier alpha value is -4.09. The zero-order valence-corrected chi connectivity index (χ0v) is 29.3. The molecule has 3 fully saturated rings. The van der Waals surface area contributed by atoms with Gasteiger partial charge in [-0.15, -0.1) is 0 Å². The van der Waals surface area contributed by atoms with Crippen molar-refractivity contribution in [2.75, 3.05) is 13.2 Å². The highest BCUT2D eigenvalue weighted by Gasteiger charge is 2.51. The summed E-state index contributed by atoms with van der Waals surface area (Å²) < 4.78 is 21.9. The van der Waals surface area contributed by atoms with Crippen molar-refractivity contribution in [2.24, 2.45) is 11.8 Å². The Morgan fingerprint density at radius 1 is 0.962 bits per heavy atom. The zero-order chi connectivity index (χ0) is 39.8. The van der Waals surface area contributed by atoms with Crippen LogP contribution in [0, 0.1) is 11.8 Å². The first kappa shape index (κ1) is 43.3. The molecule has 2 saturated heterocycles. The third kappa shape index (κ3) is 12.5. The number of aliphatic hydroxyl groups excluding tert-OH is 3. The van der Waals surface area contributed by atoms with Crippen LogP contribution in [-0.2, 0) is 47.2 Å². The zero-order valence-electron chi connectivity index (χ0n) is 28.4. The van der Waals surface area contributed by atoms with Crippen molar-refractivity contribution in [3.63, 3.8) is 0 Å². The quantitative estimate of drug-likeness (QED) is 0.0536. The van der Waals surface area contributed by atoms with Gasteiger partial charge in [0.15, 0.2) is 0 Å². The van der Waals surface area contributed by atoms with Gasteiger partial charge in [0.05, 0.1) is 24.8 Å². The van der Waals surface area contributed by atoms with E-state index in [9.17, 15) is 68.2 Å². The van der Waals surface area contributed by atoms with Crippen LogP contribution in [0.1, 0.15) is 58.3 Å². The van der Waals surface area contributed by atoms with Crippen LogP contribution in [0.3, 0.4) is 0 Å². The Bertz CT molecular complexity index is 1480. The summed E-state index contributed by atoms with van der Waals surface area (Å²) in [6.07, 6.45) is -9.75. The molecule has 0 radical (unpaired) electrons. The number of phosphoric ester groups is 1. The molecule has 3 rings (SSSR count). The number of Topliss-reactive ketones (excluding diaryl/α,β-unsaturated/α-hetero) is 1. The van der Waals surface area contributed by atoms with Gasteiger partial charge in [-0.3, -0.25) is 43.2 Å². The number of nitrogens with one attached hydrogen (secondary N) is 4. The standard InChI is InChI=1S/C29H44N5O18P/c1-12(25(42)31-17(28(46)47)4-6-21(38)30-16(27(44)45)5-7-22(39)40)52-53(49,50)51-11-20(37)23(41)19(36)10-34-18-9-14(35)3-2-13(18)8-15-24(34)32-29(48)33-26(15)43/h12-13,15-20,23-24,36-37,41H,2-11H2,1H3,(H,30,38)(H,31,42)(H,39,40)(H,44,45)(H,46,47)(H,49,50)(H2,32,33,43,48)/t12-,13?,15?,16-,17-,18?,19-,20+,23-,24?/m0/s1. The third-order valence-corrected chi connectivity index (χ3v) is 10.2. The number of nitrogens with zero attached hydrogens (tertiary/aromatic N) is 1. The lowest BCUT2D eigenvalue weighted by molar-refractivity contribution is -0.145. The molecule has 2 aliphatic heterocycles. The SMILES string of the molecule is C[C@H](OP(=O)(O)OC[C@@H](O)[C@@H](O)[C@@H](O)CN1C2CC(=O)CCC2CC2C(=O)NC(=O)NC21)C(=O)N[C@@H](CCC(=O)N[C@@H](CCC(=O)O)C(=O)O)C(=O)O. The van der Waals surface area contributed by atoms with Crippen LogP contribution in [0.15, 0.2) is 0 Å². The van der Waals surface area contributed by atoms with E-state index >= 15 is 0 Å². The molecular weight excluding hydrogens is 737 g/mol. The molecule has 0 aromatic rings. The van der Waals surface area contributed by atoms with Gasteiger partial charge in [-0.25, -0.2) is 18.9 Å². The van der Waals surface area contributed by atoms with Crippen LogP contribution in [0.25, 0.3) is 0 Å². The number of imide groups is 1. The number of carboxylic acid groups (broad SMARTS) is 3. The van der Waals surface area contributed by atoms with Crippen molar-refractivity contribution in [2.45, 2.75) is 107 Å². The number of ketones is 1. The number of hydrogen-bond acceptors (Lipinski definition) is 15. The Labute approximate surface area is 301 Å². The monoisotopic (exact) mass is 781 g/mol. The van der Waals surface area contributed by atoms with Crippen molar-refractivity contribution in [1.29, 1.82) is 0 Å². The summed E-state index contributed by atoms with van der Waals surface area (Å²) in [5, 5.41) is 68.1. The van der Waals surface area contributed by atoms with Gasteiger partial charge < -0.3 is 51.5 Å². The fourth-order valence-corrected chi connectivity index (χ4v) is 7.29. The van der Waals surface area contributed by atoms with Gasteiger partial charge >= 0.3 is 31.8 Å². The summed E-state index contributed by atoms with van der Waals surface area (Å²) in [5.74, 6) is -8.21. The maximum atomic E-state index is 12.6. The number of amides is 5. The van der Waals surface area contributed by atoms with Gasteiger partial charge in [0.2, 0.25) is 17.7 Å². The minimum Gasteiger partial charge on any atom is -0.481 e. The van der Waals surface area contributed by atoms with E-state index < -0.39 is 143 Å². The van der Waals surface area contributed by atoms with E-state index in [1.54, 1.807) is 0 Å². The number of urea groups is 1. The largest absolute Gasteiger partial charge is 0.481 e. The highest BCUT2D eigenvalue weighted by Crippen LogP contribution is 2.45. The second-order valence-corrected chi connectivity index (χ2v) is 14.4. The van der Waals surface area contributed by atoms with E-state index in [1.807, 2.05) is 10.6 Å². The Morgan fingerprint density at radius 3 is 2.21 bits per heavy atom. The first-order valence-electron chi connectivity index (χ1n) is 16.5. The van der Waals surface area contributed by atoms with Crippen molar-refractivity contribution in [3.8, 4) is 0 Å². The molecule has 1 aliphatic carbocycles. The second kappa shape index (κ2) is 18.8. The number of likely N-dealkylation sites (tertiary alicyclic amines) is 1. The Kier molecular flexibility index (Phi) is 15.4. The molecule has 0 spiro atoms. The highest BCUT2D eigenvalue weighted by molar-refractivity contribution is 7.47. The van der Waals surface area contributed by atoms with E-state index in [1.165, 1.54) is 4.90 Å². The van der Waals surface area contributed by atoms with Gasteiger partial charge in [-0.05, 0) is 38.5 Å². The third-order valence-electron chi connectivity index (χ3n) is 9.16. The van der Waals surface area contributed by atoms with Crippen LogP contribution >= 0.6 is 7.82 Å². The van der Waals surface area contributed by atoms with Gasteiger partial charge in [-0.1, -0.05) is 0 Å². The fraction of sp³-hybridized carbons (Fsp3) is 0.724. The predicted octanol–water partition coefficient (Wildman–Crippen LogP) is -3.40. The van der Waals surface area contributed by atoms with Crippen molar-refractivity contribution in [3.05, 3.63) is 0 Å². The molecule has 24 heteroatoms. The summed E-state index contributed by atoms with van der Waals surface area (Å²) in [4.78, 5) is 107. The molecule has 5 amide bonds. The van der Waals surface area contributed by atoms with E-state index in [2.05, 4.69) is 15.2 Å². The highest BCUT2D eigenvalue weighted by atomic mass is 31.2. The van der Waals surface area contributed by atoms with Gasteiger partial charge in [-0.2, -0.15) is 0 Å². The van der Waals surface area contributed by atoms with Gasteiger partial charge in [0, 0.05) is 38.3 Å². The molecule has 0 aromatic heterocycles. The molecule has 3 aliphatic rings. The van der Waals surface area contributed by atoms with Crippen LogP contribution in [0.4, 0.5) is 4.79 Å². The first-order valence-corrected chi connectivity index (χ1v) is 18.0. The van der Waals surface area contributed by atoms with E-state index in [0.717, 1.165) is 6.92 Å². The average molecular weight is 782 g/mol. The fourth-order valence-electron chi connectivity index (χ4n) is 6.40. The summed E-state index contributed by atoms with van der Waals surface area (Å²) in [5.41, 5.74) is 0. The molecule has 11 N–H and O–H groups in total. The van der Waals surface area contributed by atoms with E-state index in [0.29, 0.717) is 19.3 Å². The lowest BCUT2D eigenvalue weighted by Gasteiger charge is -2.53. The molecule has 11 atom stereocenters. The van der Waals surface area contributed by atoms with Crippen molar-refractivity contribution in [1.82, 2.24) is 26.2 Å². The van der Waals surface area contributed by atoms with E-state index in [-0.39, 0.29) is 18.1 Å². The average Bonchev–Trinajstić information content (AvgIpc) is 3.06. The number of carbonyl (C=O) groups excluding carboxylic acids is 5. The normalized spacial score (nSPS) is 26.1. The molecule has 0 aromatic carbocycles. The molecule has 5 unspecified atom stereocenters. The molecule has 53 heavy (non-hydrogen) atoms. The lowest BCUT2D eigenvalue weighted by Crippen LogP contribution is -2.71. The lowest BCUT2D eigenvalue weighted by atomic mass is 9.72. The van der Waals surface area contributed by atoms with Gasteiger partial charge in [0.1, 0.15) is 36.2 Å². The maximum absolute atomic E-state index is 12.6. The number of carboxylic acids is 3. The van der Waals surface area contributed by atoms with Crippen LogP contribution in [0.5, 0.6) is 0 Å². The van der Waals surface area contributed by atoms with Crippen molar-refractivity contribution >= 4 is 55.3 Å². The predicted molar refractivity (Wildman–Crippen MR) is 171 cm³/mol. The Balaban J connectivity index is 1.52. The number of phosphoric acid groups is 1. The Morgan fingerprint density at radius 2 is 1.58 bits per heavy atom. The van der Waals surface area contributed by atoms with E-state index in [4.69, 9.17) is 14.7 Å². The number of aliphatic carboxylic acids is 3.